The van der Waals surface area contributed by atoms with Crippen LogP contribution in [0.25, 0.3) is 0 Å². The van der Waals surface area contributed by atoms with Gasteiger partial charge in [-0.25, -0.2) is 8.78 Å². The standard InChI is InChI=1S/C10H13BrF2N2/c11-6-4-7(12)10(8(13)5-6)9(15)2-1-3-14/h4-5,9H,1-3,14-15H2/t9-/m0/s1. The highest BCUT2D eigenvalue weighted by Gasteiger charge is 2.16. The molecule has 4 N–H and O–H groups in total. The van der Waals surface area contributed by atoms with Crippen LogP contribution in [-0.4, -0.2) is 6.54 Å². The number of hydrogen-bond donors (Lipinski definition) is 2. The summed E-state index contributed by atoms with van der Waals surface area (Å²) in [7, 11) is 0. The zero-order chi connectivity index (χ0) is 11.4. The van der Waals surface area contributed by atoms with Crippen LogP contribution in [0.2, 0.25) is 0 Å². The van der Waals surface area contributed by atoms with Crippen molar-refractivity contribution in [2.75, 3.05) is 6.54 Å². The van der Waals surface area contributed by atoms with Crippen LogP contribution in [-0.2, 0) is 0 Å². The van der Waals surface area contributed by atoms with Crippen LogP contribution >= 0.6 is 15.9 Å². The quantitative estimate of drug-likeness (QED) is 0.889. The van der Waals surface area contributed by atoms with Crippen molar-refractivity contribution in [3.05, 3.63) is 33.8 Å². The topological polar surface area (TPSA) is 52.0 Å². The monoisotopic (exact) mass is 278 g/mol. The van der Waals surface area contributed by atoms with Gasteiger partial charge in [-0.3, -0.25) is 0 Å². The predicted molar refractivity (Wildman–Crippen MR) is 59.3 cm³/mol. The molecule has 2 nitrogen and oxygen atoms in total. The lowest BCUT2D eigenvalue weighted by Gasteiger charge is -2.13. The van der Waals surface area contributed by atoms with Crippen LogP contribution in [0.15, 0.2) is 16.6 Å². The maximum atomic E-state index is 13.4. The Balaban J connectivity index is 2.92. The normalized spacial score (nSPS) is 12.9. The molecular weight excluding hydrogens is 266 g/mol. The van der Waals surface area contributed by atoms with Crippen molar-refractivity contribution in [3.8, 4) is 0 Å². The van der Waals surface area contributed by atoms with Crippen molar-refractivity contribution in [2.24, 2.45) is 11.5 Å². The highest BCUT2D eigenvalue weighted by Crippen LogP contribution is 2.25. The first-order valence-electron chi connectivity index (χ1n) is 4.66. The molecule has 0 aliphatic rings. The lowest BCUT2D eigenvalue weighted by atomic mass is 10.0. The number of benzene rings is 1. The fraction of sp³-hybridized carbons (Fsp3) is 0.400. The molecule has 0 amide bonds. The van der Waals surface area contributed by atoms with Gasteiger partial charge in [0.25, 0.3) is 0 Å². The van der Waals surface area contributed by atoms with Crippen LogP contribution in [0, 0.1) is 11.6 Å². The third-order valence-electron chi connectivity index (χ3n) is 2.13. The SMILES string of the molecule is NCCC[C@H](N)c1c(F)cc(Br)cc1F. The molecule has 0 aliphatic carbocycles. The summed E-state index contributed by atoms with van der Waals surface area (Å²) >= 11 is 3.01. The summed E-state index contributed by atoms with van der Waals surface area (Å²) in [5.74, 6) is -1.24. The highest BCUT2D eigenvalue weighted by atomic mass is 79.9. The van der Waals surface area contributed by atoms with Gasteiger partial charge in [0.15, 0.2) is 0 Å². The maximum Gasteiger partial charge on any atom is 0.132 e. The van der Waals surface area contributed by atoms with Gasteiger partial charge in [-0.15, -0.1) is 0 Å². The number of hydrogen-bond acceptors (Lipinski definition) is 2. The summed E-state index contributed by atoms with van der Waals surface area (Å²) in [5, 5.41) is 0. The minimum atomic E-state index is -0.637. The summed E-state index contributed by atoms with van der Waals surface area (Å²) in [6.45, 7) is 0.466. The second-order valence-electron chi connectivity index (χ2n) is 3.32. The van der Waals surface area contributed by atoms with E-state index >= 15 is 0 Å². The molecule has 5 heteroatoms. The van der Waals surface area contributed by atoms with E-state index in [9.17, 15) is 8.78 Å². The Hall–Kier alpha value is -0.520. The van der Waals surface area contributed by atoms with Gasteiger partial charge in [0.1, 0.15) is 11.6 Å². The van der Waals surface area contributed by atoms with E-state index in [0.717, 1.165) is 0 Å². The van der Waals surface area contributed by atoms with E-state index in [-0.39, 0.29) is 5.56 Å². The summed E-state index contributed by atoms with van der Waals surface area (Å²) in [4.78, 5) is 0. The third kappa shape index (κ3) is 3.22. The van der Waals surface area contributed by atoms with Crippen molar-refractivity contribution in [1.82, 2.24) is 0 Å². The minimum Gasteiger partial charge on any atom is -0.330 e. The molecule has 0 spiro atoms. The summed E-state index contributed by atoms with van der Waals surface area (Å²) in [5.41, 5.74) is 10.9. The van der Waals surface area contributed by atoms with Crippen molar-refractivity contribution in [1.29, 1.82) is 0 Å². The lowest BCUT2D eigenvalue weighted by molar-refractivity contribution is 0.505. The van der Waals surface area contributed by atoms with Crippen molar-refractivity contribution in [2.45, 2.75) is 18.9 Å². The second-order valence-corrected chi connectivity index (χ2v) is 4.24. The molecular formula is C10H13BrF2N2. The minimum absolute atomic E-state index is 0.0633. The molecule has 1 aromatic carbocycles. The number of rotatable bonds is 4. The van der Waals surface area contributed by atoms with Crippen molar-refractivity contribution >= 4 is 15.9 Å². The lowest BCUT2D eigenvalue weighted by Crippen LogP contribution is -2.16. The summed E-state index contributed by atoms with van der Waals surface area (Å²) in [6.07, 6.45) is 1.13. The predicted octanol–water partition coefficient (Wildman–Crippen LogP) is 2.47. The first-order valence-corrected chi connectivity index (χ1v) is 5.45. The van der Waals surface area contributed by atoms with Gasteiger partial charge in [0.2, 0.25) is 0 Å². The molecule has 0 saturated carbocycles. The van der Waals surface area contributed by atoms with E-state index in [1.807, 2.05) is 0 Å². The highest BCUT2D eigenvalue weighted by molar-refractivity contribution is 9.10. The zero-order valence-electron chi connectivity index (χ0n) is 8.14. The Morgan fingerprint density at radius 1 is 1.27 bits per heavy atom. The molecule has 1 atom stereocenters. The zero-order valence-corrected chi connectivity index (χ0v) is 9.73. The van der Waals surface area contributed by atoms with Crippen molar-refractivity contribution in [3.63, 3.8) is 0 Å². The molecule has 0 fully saturated rings. The van der Waals surface area contributed by atoms with Crippen LogP contribution < -0.4 is 11.5 Å². The number of nitrogens with two attached hydrogens (primary N) is 2. The van der Waals surface area contributed by atoms with Gasteiger partial charge in [-0.1, -0.05) is 15.9 Å². The molecule has 0 unspecified atom stereocenters. The molecule has 0 saturated heterocycles. The van der Waals surface area contributed by atoms with Crippen LogP contribution in [0.5, 0.6) is 0 Å². The molecule has 15 heavy (non-hydrogen) atoms. The molecule has 1 aromatic rings. The Kier molecular flexibility index (Phi) is 4.63. The molecule has 84 valence electrons. The third-order valence-corrected chi connectivity index (χ3v) is 2.59. The smallest absolute Gasteiger partial charge is 0.132 e. The Labute approximate surface area is 95.8 Å². The molecule has 0 heterocycles. The van der Waals surface area contributed by atoms with E-state index in [0.29, 0.717) is 23.9 Å². The average molecular weight is 279 g/mol. The van der Waals surface area contributed by atoms with E-state index in [2.05, 4.69) is 15.9 Å². The first-order chi connectivity index (χ1) is 7.06. The molecule has 0 aliphatic heterocycles. The fourth-order valence-corrected chi connectivity index (χ4v) is 1.79. The van der Waals surface area contributed by atoms with Crippen LogP contribution in [0.4, 0.5) is 8.78 Å². The molecule has 1 rings (SSSR count). The van der Waals surface area contributed by atoms with E-state index in [1.165, 1.54) is 12.1 Å². The van der Waals surface area contributed by atoms with Crippen molar-refractivity contribution < 1.29 is 8.78 Å². The maximum absolute atomic E-state index is 13.4. The van der Waals surface area contributed by atoms with Gasteiger partial charge in [-0.2, -0.15) is 0 Å². The van der Waals surface area contributed by atoms with Gasteiger partial charge in [-0.05, 0) is 31.5 Å². The molecule has 0 radical (unpaired) electrons. The fourth-order valence-electron chi connectivity index (χ4n) is 1.39. The molecule has 0 aromatic heterocycles. The van der Waals surface area contributed by atoms with Gasteiger partial charge >= 0.3 is 0 Å². The van der Waals surface area contributed by atoms with Crippen LogP contribution in [0.3, 0.4) is 0 Å². The summed E-state index contributed by atoms with van der Waals surface area (Å²) < 4.78 is 27.2. The Morgan fingerprint density at radius 3 is 2.27 bits per heavy atom. The van der Waals surface area contributed by atoms with Gasteiger partial charge in [0.05, 0.1) is 0 Å². The van der Waals surface area contributed by atoms with E-state index in [4.69, 9.17) is 11.5 Å². The van der Waals surface area contributed by atoms with E-state index in [1.54, 1.807) is 0 Å². The van der Waals surface area contributed by atoms with Crippen LogP contribution in [0.1, 0.15) is 24.4 Å². The van der Waals surface area contributed by atoms with Gasteiger partial charge < -0.3 is 11.5 Å². The largest absolute Gasteiger partial charge is 0.330 e. The molecule has 0 bridgehead atoms. The van der Waals surface area contributed by atoms with E-state index < -0.39 is 17.7 Å². The Morgan fingerprint density at radius 2 is 1.80 bits per heavy atom. The first kappa shape index (κ1) is 12.5. The Bertz CT molecular complexity index is 321. The summed E-state index contributed by atoms with van der Waals surface area (Å²) in [6, 6.07) is 1.78. The van der Waals surface area contributed by atoms with Gasteiger partial charge in [0, 0.05) is 16.1 Å². The average Bonchev–Trinajstić information content (AvgIpc) is 2.12. The second kappa shape index (κ2) is 5.53. The number of halogens is 3.